The fraction of sp³-hybridized carbons (Fsp3) is 0.500. The lowest BCUT2D eigenvalue weighted by Gasteiger charge is -2.37. The van der Waals surface area contributed by atoms with Crippen LogP contribution in [0.15, 0.2) is 29.6 Å². The Bertz CT molecular complexity index is 891. The third kappa shape index (κ3) is 4.94. The van der Waals surface area contributed by atoms with Crippen LogP contribution in [0.5, 0.6) is 0 Å². The Balaban J connectivity index is 1.50. The van der Waals surface area contributed by atoms with Crippen molar-refractivity contribution in [3.05, 3.63) is 55.7 Å². The predicted octanol–water partition coefficient (Wildman–Crippen LogP) is 4.57. The maximum atomic E-state index is 12.8. The lowest BCUT2D eigenvalue weighted by Crippen LogP contribution is -2.48. The number of aliphatic hydroxyl groups excluding tert-OH is 1. The van der Waals surface area contributed by atoms with E-state index in [1.165, 1.54) is 10.4 Å². The SMILES string of the molecule is O=C(NC[C@@H](c1ccc(Cl)cc1Cl)N1CCc2sccc2C1)N1CCC[C@@H](CO)C1. The topological polar surface area (TPSA) is 55.8 Å². The quantitative estimate of drug-likeness (QED) is 0.676. The number of carbonyl (C=O) groups is 1. The molecule has 8 heteroatoms. The number of fused-ring (bicyclic) bond motifs is 1. The molecule has 2 atom stereocenters. The highest BCUT2D eigenvalue weighted by molar-refractivity contribution is 7.10. The summed E-state index contributed by atoms with van der Waals surface area (Å²) >= 11 is 14.5. The number of urea groups is 1. The van der Waals surface area contributed by atoms with Crippen molar-refractivity contribution in [2.24, 2.45) is 5.92 Å². The van der Waals surface area contributed by atoms with Crippen molar-refractivity contribution in [2.75, 3.05) is 32.8 Å². The number of piperidine rings is 1. The Kier molecular flexibility index (Phi) is 7.21. The van der Waals surface area contributed by atoms with E-state index in [1.54, 1.807) is 6.07 Å². The average Bonchev–Trinajstić information content (AvgIpc) is 3.23. The summed E-state index contributed by atoms with van der Waals surface area (Å²) in [6, 6.07) is 7.67. The molecule has 1 saturated heterocycles. The van der Waals surface area contributed by atoms with Crippen molar-refractivity contribution in [1.82, 2.24) is 15.1 Å². The largest absolute Gasteiger partial charge is 0.396 e. The van der Waals surface area contributed by atoms with E-state index in [2.05, 4.69) is 21.7 Å². The second kappa shape index (κ2) is 9.88. The lowest BCUT2D eigenvalue weighted by molar-refractivity contribution is 0.125. The summed E-state index contributed by atoms with van der Waals surface area (Å²) in [5.41, 5.74) is 2.33. The molecule has 1 fully saturated rings. The molecule has 5 nitrogen and oxygen atoms in total. The molecule has 0 radical (unpaired) electrons. The summed E-state index contributed by atoms with van der Waals surface area (Å²) in [6.45, 7) is 3.70. The van der Waals surface area contributed by atoms with Gasteiger partial charge >= 0.3 is 6.03 Å². The van der Waals surface area contributed by atoms with Gasteiger partial charge in [-0.3, -0.25) is 4.90 Å². The summed E-state index contributed by atoms with van der Waals surface area (Å²) in [7, 11) is 0. The highest BCUT2D eigenvalue weighted by Crippen LogP contribution is 2.34. The van der Waals surface area contributed by atoms with Gasteiger partial charge in [-0.25, -0.2) is 4.79 Å². The summed E-state index contributed by atoms with van der Waals surface area (Å²) in [5.74, 6) is 0.171. The molecule has 2 aliphatic rings. The number of likely N-dealkylation sites (tertiary alicyclic amines) is 1. The molecule has 1 aromatic carbocycles. The molecular weight excluding hydrogens is 441 g/mol. The zero-order valence-electron chi connectivity index (χ0n) is 16.8. The first-order valence-corrected chi connectivity index (χ1v) is 12.1. The van der Waals surface area contributed by atoms with Crippen molar-refractivity contribution >= 4 is 40.6 Å². The van der Waals surface area contributed by atoms with Crippen LogP contribution in [0, 0.1) is 5.92 Å². The third-order valence-corrected chi connectivity index (χ3v) is 7.70. The summed E-state index contributed by atoms with van der Waals surface area (Å²) in [6.07, 6.45) is 2.91. The van der Waals surface area contributed by atoms with Gasteiger partial charge in [0.1, 0.15) is 0 Å². The molecule has 1 aromatic heterocycles. The number of aliphatic hydroxyl groups is 1. The number of rotatable bonds is 5. The zero-order valence-corrected chi connectivity index (χ0v) is 19.1. The second-order valence-electron chi connectivity index (χ2n) is 8.09. The van der Waals surface area contributed by atoms with E-state index < -0.39 is 0 Å². The van der Waals surface area contributed by atoms with Crippen molar-refractivity contribution in [1.29, 1.82) is 0 Å². The van der Waals surface area contributed by atoms with Gasteiger partial charge in [0.25, 0.3) is 0 Å². The van der Waals surface area contributed by atoms with Crippen LogP contribution < -0.4 is 5.32 Å². The van der Waals surface area contributed by atoms with Crippen LogP contribution in [-0.4, -0.2) is 53.7 Å². The average molecular weight is 468 g/mol. The van der Waals surface area contributed by atoms with E-state index in [0.29, 0.717) is 23.1 Å². The molecule has 4 rings (SSSR count). The van der Waals surface area contributed by atoms with Crippen molar-refractivity contribution in [2.45, 2.75) is 31.8 Å². The summed E-state index contributed by atoms with van der Waals surface area (Å²) in [4.78, 5) is 18.5. The summed E-state index contributed by atoms with van der Waals surface area (Å²) < 4.78 is 0. The molecule has 0 saturated carbocycles. The van der Waals surface area contributed by atoms with Crippen molar-refractivity contribution in [3.8, 4) is 0 Å². The van der Waals surface area contributed by atoms with Gasteiger partial charge in [0, 0.05) is 54.3 Å². The fourth-order valence-corrected chi connectivity index (χ4v) is 5.86. The van der Waals surface area contributed by atoms with Gasteiger partial charge < -0.3 is 15.3 Å². The number of amides is 2. The minimum absolute atomic E-state index is 0.0369. The number of nitrogens with zero attached hydrogens (tertiary/aromatic N) is 2. The number of hydrogen-bond acceptors (Lipinski definition) is 4. The Morgan fingerprint density at radius 3 is 2.97 bits per heavy atom. The molecule has 0 aliphatic carbocycles. The Morgan fingerprint density at radius 1 is 1.30 bits per heavy atom. The van der Waals surface area contributed by atoms with Crippen molar-refractivity contribution < 1.29 is 9.90 Å². The van der Waals surface area contributed by atoms with Gasteiger partial charge in [-0.05, 0) is 59.9 Å². The Hall–Kier alpha value is -1.31. The lowest BCUT2D eigenvalue weighted by atomic mass is 9.99. The number of nitrogens with one attached hydrogen (secondary N) is 1. The number of hydrogen-bond donors (Lipinski definition) is 2. The predicted molar refractivity (Wildman–Crippen MR) is 122 cm³/mol. The molecule has 3 heterocycles. The zero-order chi connectivity index (χ0) is 21.1. The molecule has 30 heavy (non-hydrogen) atoms. The molecule has 0 spiro atoms. The first-order valence-electron chi connectivity index (χ1n) is 10.4. The Labute approximate surface area is 191 Å². The molecular formula is C22H27Cl2N3O2S. The molecule has 2 N–H and O–H groups in total. The normalized spacial score (nSPS) is 20.6. The molecule has 2 amide bonds. The van der Waals surface area contributed by atoms with Gasteiger partial charge in [-0.15, -0.1) is 11.3 Å². The van der Waals surface area contributed by atoms with Crippen molar-refractivity contribution in [3.63, 3.8) is 0 Å². The minimum atomic E-state index is -0.0727. The van der Waals surface area contributed by atoms with Crippen LogP contribution in [0.1, 0.15) is 34.9 Å². The number of benzene rings is 1. The fourth-order valence-electron chi connectivity index (χ4n) is 4.44. The molecule has 2 aliphatic heterocycles. The van der Waals surface area contributed by atoms with Gasteiger partial charge in [0.15, 0.2) is 0 Å². The smallest absolute Gasteiger partial charge is 0.317 e. The van der Waals surface area contributed by atoms with Gasteiger partial charge in [-0.1, -0.05) is 29.3 Å². The highest BCUT2D eigenvalue weighted by atomic mass is 35.5. The second-order valence-corrected chi connectivity index (χ2v) is 9.94. The van der Waals surface area contributed by atoms with E-state index in [-0.39, 0.29) is 24.6 Å². The van der Waals surface area contributed by atoms with Gasteiger partial charge in [0.2, 0.25) is 0 Å². The van der Waals surface area contributed by atoms with E-state index in [0.717, 1.165) is 44.5 Å². The molecule has 162 valence electrons. The summed E-state index contributed by atoms with van der Waals surface area (Å²) in [5, 5.41) is 16.0. The maximum Gasteiger partial charge on any atom is 0.317 e. The van der Waals surface area contributed by atoms with Crippen LogP contribution in [0.25, 0.3) is 0 Å². The highest BCUT2D eigenvalue weighted by Gasteiger charge is 2.29. The number of thiophene rings is 1. The molecule has 2 aromatic rings. The van der Waals surface area contributed by atoms with Crippen LogP contribution in [0.4, 0.5) is 4.79 Å². The van der Waals surface area contributed by atoms with Crippen LogP contribution >= 0.6 is 34.5 Å². The van der Waals surface area contributed by atoms with E-state index >= 15 is 0 Å². The first kappa shape index (κ1) is 21.9. The van der Waals surface area contributed by atoms with Gasteiger partial charge in [-0.2, -0.15) is 0 Å². The number of carbonyl (C=O) groups excluding carboxylic acids is 1. The minimum Gasteiger partial charge on any atom is -0.396 e. The van der Waals surface area contributed by atoms with Crippen LogP contribution in [0.3, 0.4) is 0 Å². The van der Waals surface area contributed by atoms with E-state index in [4.69, 9.17) is 23.2 Å². The van der Waals surface area contributed by atoms with E-state index in [1.807, 2.05) is 28.4 Å². The first-order chi connectivity index (χ1) is 14.5. The van der Waals surface area contributed by atoms with Gasteiger partial charge in [0.05, 0.1) is 6.04 Å². The maximum absolute atomic E-state index is 12.8. The monoisotopic (exact) mass is 467 g/mol. The van der Waals surface area contributed by atoms with Crippen LogP contribution in [0.2, 0.25) is 10.0 Å². The van der Waals surface area contributed by atoms with E-state index in [9.17, 15) is 9.90 Å². The molecule has 0 bridgehead atoms. The van der Waals surface area contributed by atoms with Crippen LogP contribution in [-0.2, 0) is 13.0 Å². The standard InChI is InChI=1S/C22H27Cl2N3O2S/c23-17-3-4-18(19(24)10-17)20(26-8-5-21-16(13-26)6-9-30-21)11-25-22(29)27-7-1-2-15(12-27)14-28/h3-4,6,9-10,15,20,28H,1-2,5,7-8,11-14H2,(H,25,29)/t15-,20+/m1/s1. The number of halogens is 2. The third-order valence-electron chi connectivity index (χ3n) is 6.11. The molecule has 0 unspecified atom stereocenters. The Morgan fingerprint density at radius 2 is 2.17 bits per heavy atom.